The summed E-state index contributed by atoms with van der Waals surface area (Å²) in [7, 11) is 0. The Kier molecular flexibility index (Phi) is 6.49. The van der Waals surface area contributed by atoms with Crippen molar-refractivity contribution in [3.05, 3.63) is 142 Å². The highest BCUT2D eigenvalue weighted by molar-refractivity contribution is 8.01. The molecule has 0 heterocycles. The van der Waals surface area contributed by atoms with Gasteiger partial charge in [-0.1, -0.05) is 131 Å². The summed E-state index contributed by atoms with van der Waals surface area (Å²) < 4.78 is 0. The van der Waals surface area contributed by atoms with E-state index in [0.29, 0.717) is 0 Å². The standard InChI is InChI=1S/C30H32N2S/c1-21-5-13-25(14-6-21)29(31,26-15-7-22(2)8-16-26)33-30(32,27-17-9-23(3)10-18-27)28-19-11-24(4)12-20-28/h5-20H,31-32H2,1-4H3. The third-order valence-electron chi connectivity index (χ3n) is 6.24. The van der Waals surface area contributed by atoms with Crippen LogP contribution in [0.4, 0.5) is 0 Å². The molecule has 4 aromatic carbocycles. The van der Waals surface area contributed by atoms with Crippen LogP contribution in [-0.4, -0.2) is 0 Å². The molecule has 0 saturated carbocycles. The molecule has 2 nitrogen and oxygen atoms in total. The molecule has 0 aromatic heterocycles. The van der Waals surface area contributed by atoms with Crippen molar-refractivity contribution in [1.29, 1.82) is 0 Å². The van der Waals surface area contributed by atoms with E-state index in [-0.39, 0.29) is 0 Å². The van der Waals surface area contributed by atoms with E-state index in [1.807, 2.05) is 0 Å². The molecule has 3 heteroatoms. The molecule has 0 aliphatic rings. The molecular weight excluding hydrogens is 420 g/mol. The molecule has 4 N–H and O–H groups in total. The number of benzene rings is 4. The van der Waals surface area contributed by atoms with Crippen LogP contribution in [0.2, 0.25) is 0 Å². The Hall–Kier alpha value is -2.85. The van der Waals surface area contributed by atoms with E-state index in [0.717, 1.165) is 22.3 Å². The fraction of sp³-hybridized carbons (Fsp3) is 0.200. The van der Waals surface area contributed by atoms with E-state index in [2.05, 4.69) is 125 Å². The monoisotopic (exact) mass is 452 g/mol. The van der Waals surface area contributed by atoms with E-state index in [9.17, 15) is 0 Å². The van der Waals surface area contributed by atoms with Crippen molar-refractivity contribution in [1.82, 2.24) is 0 Å². The molecule has 0 spiro atoms. The van der Waals surface area contributed by atoms with Gasteiger partial charge in [-0.3, -0.25) is 0 Å². The van der Waals surface area contributed by atoms with Crippen LogP contribution in [0.1, 0.15) is 44.5 Å². The first-order valence-corrected chi connectivity index (χ1v) is 12.1. The summed E-state index contributed by atoms with van der Waals surface area (Å²) in [4.78, 5) is -1.71. The molecule has 168 valence electrons. The molecule has 0 atom stereocenters. The Morgan fingerprint density at radius 3 is 0.758 bits per heavy atom. The normalized spacial score (nSPS) is 12.1. The second-order valence-corrected chi connectivity index (χ2v) is 10.5. The van der Waals surface area contributed by atoms with Gasteiger partial charge in [0.2, 0.25) is 0 Å². The smallest absolute Gasteiger partial charge is 0.116 e. The maximum atomic E-state index is 7.34. The Balaban J connectivity index is 1.92. The quantitative estimate of drug-likeness (QED) is 0.321. The van der Waals surface area contributed by atoms with E-state index in [4.69, 9.17) is 11.5 Å². The van der Waals surface area contributed by atoms with E-state index >= 15 is 0 Å². The van der Waals surface area contributed by atoms with E-state index < -0.39 is 9.74 Å². The molecule has 0 saturated heterocycles. The largest absolute Gasteiger partial charge is 0.309 e. The lowest BCUT2D eigenvalue weighted by Gasteiger charge is -2.40. The minimum Gasteiger partial charge on any atom is -0.309 e. The van der Waals surface area contributed by atoms with Crippen molar-refractivity contribution in [2.45, 2.75) is 37.4 Å². The van der Waals surface area contributed by atoms with Crippen LogP contribution >= 0.6 is 11.8 Å². The van der Waals surface area contributed by atoms with Gasteiger partial charge >= 0.3 is 0 Å². The van der Waals surface area contributed by atoms with Gasteiger partial charge in [0.1, 0.15) is 9.74 Å². The minimum absolute atomic E-state index is 0.855. The van der Waals surface area contributed by atoms with Gasteiger partial charge in [0.15, 0.2) is 0 Å². The fourth-order valence-electron chi connectivity index (χ4n) is 4.03. The van der Waals surface area contributed by atoms with Crippen LogP contribution in [0.25, 0.3) is 0 Å². The highest BCUT2D eigenvalue weighted by Gasteiger charge is 2.42. The molecule has 33 heavy (non-hydrogen) atoms. The van der Waals surface area contributed by atoms with Crippen LogP contribution in [0, 0.1) is 27.7 Å². The molecule has 0 amide bonds. The zero-order valence-electron chi connectivity index (χ0n) is 19.8. The van der Waals surface area contributed by atoms with E-state index in [1.165, 1.54) is 22.3 Å². The number of rotatable bonds is 6. The summed E-state index contributed by atoms with van der Waals surface area (Å²) in [5.41, 5.74) is 23.6. The highest BCUT2D eigenvalue weighted by Crippen LogP contribution is 2.50. The van der Waals surface area contributed by atoms with Crippen LogP contribution < -0.4 is 11.5 Å². The molecule has 0 aliphatic heterocycles. The first kappa shape index (κ1) is 23.3. The lowest BCUT2D eigenvalue weighted by Crippen LogP contribution is -2.44. The summed E-state index contributed by atoms with van der Waals surface area (Å²) >= 11 is 1.59. The number of hydrogen-bond donors (Lipinski definition) is 2. The summed E-state index contributed by atoms with van der Waals surface area (Å²) in [5, 5.41) is 0. The molecule has 0 radical (unpaired) electrons. The average molecular weight is 453 g/mol. The molecule has 4 aromatic rings. The van der Waals surface area contributed by atoms with Crippen LogP contribution in [0.3, 0.4) is 0 Å². The van der Waals surface area contributed by atoms with Gasteiger partial charge in [0.05, 0.1) is 0 Å². The molecule has 0 unspecified atom stereocenters. The Labute approximate surface area is 202 Å². The third-order valence-corrected chi connectivity index (χ3v) is 7.83. The van der Waals surface area contributed by atoms with Crippen molar-refractivity contribution >= 4 is 11.8 Å². The zero-order valence-corrected chi connectivity index (χ0v) is 20.6. The van der Waals surface area contributed by atoms with Crippen LogP contribution in [0.5, 0.6) is 0 Å². The van der Waals surface area contributed by atoms with Crippen molar-refractivity contribution in [3.63, 3.8) is 0 Å². The van der Waals surface area contributed by atoms with Gasteiger partial charge in [0.25, 0.3) is 0 Å². The Morgan fingerprint density at radius 1 is 0.394 bits per heavy atom. The number of aryl methyl sites for hydroxylation is 4. The first-order valence-electron chi connectivity index (χ1n) is 11.3. The Morgan fingerprint density at radius 2 is 0.576 bits per heavy atom. The Bertz CT molecular complexity index is 1020. The molecule has 0 bridgehead atoms. The SMILES string of the molecule is Cc1ccc(C(N)(SC(N)(c2ccc(C)cc2)c2ccc(C)cc2)c2ccc(C)cc2)cc1. The number of nitrogens with two attached hydrogens (primary N) is 2. The van der Waals surface area contributed by atoms with Gasteiger partial charge in [-0.15, -0.1) is 0 Å². The highest BCUT2D eigenvalue weighted by atomic mass is 32.2. The maximum absolute atomic E-state index is 7.34. The van der Waals surface area contributed by atoms with Crippen molar-refractivity contribution in [3.8, 4) is 0 Å². The molecule has 0 aliphatic carbocycles. The van der Waals surface area contributed by atoms with Crippen molar-refractivity contribution in [2.75, 3.05) is 0 Å². The summed E-state index contributed by atoms with van der Waals surface area (Å²) in [6.45, 7) is 8.36. The predicted octanol–water partition coefficient (Wildman–Crippen LogP) is 6.67. The fourth-order valence-corrected chi connectivity index (χ4v) is 5.55. The van der Waals surface area contributed by atoms with Crippen LogP contribution in [-0.2, 0) is 9.74 Å². The zero-order chi connectivity index (χ0) is 23.6. The van der Waals surface area contributed by atoms with Gasteiger partial charge < -0.3 is 11.5 Å². The minimum atomic E-state index is -0.855. The van der Waals surface area contributed by atoms with Crippen LogP contribution in [0.15, 0.2) is 97.1 Å². The van der Waals surface area contributed by atoms with Crippen molar-refractivity contribution < 1.29 is 0 Å². The summed E-state index contributed by atoms with van der Waals surface area (Å²) in [6.07, 6.45) is 0. The lowest BCUT2D eigenvalue weighted by molar-refractivity contribution is 0.727. The van der Waals surface area contributed by atoms with Gasteiger partial charge in [-0.05, 0) is 49.9 Å². The maximum Gasteiger partial charge on any atom is 0.116 e. The number of hydrogen-bond acceptors (Lipinski definition) is 3. The second kappa shape index (κ2) is 9.18. The van der Waals surface area contributed by atoms with Gasteiger partial charge in [-0.2, -0.15) is 0 Å². The number of thioether (sulfide) groups is 1. The molecule has 0 fully saturated rings. The lowest BCUT2D eigenvalue weighted by atomic mass is 9.96. The molecular formula is C30H32N2S. The average Bonchev–Trinajstić information content (AvgIpc) is 2.80. The van der Waals surface area contributed by atoms with E-state index in [1.54, 1.807) is 11.8 Å². The van der Waals surface area contributed by atoms with Gasteiger partial charge in [0, 0.05) is 0 Å². The summed E-state index contributed by atoms with van der Waals surface area (Å²) in [5.74, 6) is 0. The molecule has 4 rings (SSSR count). The topological polar surface area (TPSA) is 52.0 Å². The first-order chi connectivity index (χ1) is 15.7. The third kappa shape index (κ3) is 4.77. The second-order valence-electron chi connectivity index (χ2n) is 9.04. The van der Waals surface area contributed by atoms with Crippen molar-refractivity contribution in [2.24, 2.45) is 11.5 Å². The predicted molar refractivity (Wildman–Crippen MR) is 142 cm³/mol. The van der Waals surface area contributed by atoms with Gasteiger partial charge in [-0.25, -0.2) is 0 Å². The summed E-state index contributed by atoms with van der Waals surface area (Å²) in [6, 6.07) is 33.8.